The summed E-state index contributed by atoms with van der Waals surface area (Å²) in [6.45, 7) is 0.603. The number of halogens is 1. The van der Waals surface area contributed by atoms with Crippen molar-refractivity contribution < 1.29 is 9.13 Å². The molecular formula is C14H20FNO. The monoisotopic (exact) mass is 237 g/mol. The molecule has 0 aliphatic heterocycles. The number of anilines is 1. The van der Waals surface area contributed by atoms with Crippen LogP contribution in [0.1, 0.15) is 38.5 Å². The lowest BCUT2D eigenvalue weighted by Gasteiger charge is -2.21. The minimum Gasteiger partial charge on any atom is -0.491 e. The zero-order valence-corrected chi connectivity index (χ0v) is 10.1. The summed E-state index contributed by atoms with van der Waals surface area (Å²) < 4.78 is 18.9. The maximum Gasteiger partial charge on any atom is 0.167 e. The Labute approximate surface area is 102 Å². The molecule has 1 saturated carbocycles. The van der Waals surface area contributed by atoms with Crippen LogP contribution in [0.2, 0.25) is 0 Å². The zero-order valence-electron chi connectivity index (χ0n) is 10.1. The number of nitrogen functional groups attached to an aromatic ring is 1. The Hall–Kier alpha value is -1.25. The first kappa shape index (κ1) is 12.2. The van der Waals surface area contributed by atoms with Crippen LogP contribution in [0.5, 0.6) is 5.75 Å². The van der Waals surface area contributed by atoms with Gasteiger partial charge in [0.2, 0.25) is 0 Å². The van der Waals surface area contributed by atoms with E-state index in [1.54, 1.807) is 12.1 Å². The van der Waals surface area contributed by atoms with E-state index in [4.69, 9.17) is 10.5 Å². The number of hydrogen-bond donors (Lipinski definition) is 1. The average molecular weight is 237 g/mol. The van der Waals surface area contributed by atoms with Crippen LogP contribution < -0.4 is 10.5 Å². The van der Waals surface area contributed by atoms with Crippen molar-refractivity contribution in [2.45, 2.75) is 38.5 Å². The maximum atomic E-state index is 13.4. The van der Waals surface area contributed by atoms with Crippen molar-refractivity contribution in [1.82, 2.24) is 0 Å². The lowest BCUT2D eigenvalue weighted by atomic mass is 9.87. The van der Waals surface area contributed by atoms with Gasteiger partial charge in [-0.1, -0.05) is 32.1 Å². The Morgan fingerprint density at radius 2 is 2.00 bits per heavy atom. The molecule has 1 aromatic rings. The molecule has 0 saturated heterocycles. The van der Waals surface area contributed by atoms with Gasteiger partial charge in [0.05, 0.1) is 6.61 Å². The van der Waals surface area contributed by atoms with E-state index >= 15 is 0 Å². The molecule has 0 heterocycles. The van der Waals surface area contributed by atoms with Crippen molar-refractivity contribution in [2.75, 3.05) is 12.3 Å². The van der Waals surface area contributed by atoms with E-state index in [1.165, 1.54) is 38.2 Å². The third-order valence-corrected chi connectivity index (χ3v) is 3.46. The van der Waals surface area contributed by atoms with Crippen LogP contribution in [0.3, 0.4) is 0 Å². The first-order chi connectivity index (χ1) is 8.25. The third kappa shape index (κ3) is 3.62. The van der Waals surface area contributed by atoms with Crippen molar-refractivity contribution in [1.29, 1.82) is 0 Å². The Morgan fingerprint density at radius 3 is 2.71 bits per heavy atom. The molecule has 0 spiro atoms. The smallest absolute Gasteiger partial charge is 0.167 e. The molecule has 1 aliphatic rings. The van der Waals surface area contributed by atoms with Gasteiger partial charge in [-0.25, -0.2) is 4.39 Å². The number of rotatable bonds is 4. The van der Waals surface area contributed by atoms with Crippen LogP contribution in [-0.2, 0) is 0 Å². The first-order valence-electron chi connectivity index (χ1n) is 6.43. The fourth-order valence-corrected chi connectivity index (χ4v) is 2.45. The average Bonchev–Trinajstić information content (AvgIpc) is 2.33. The van der Waals surface area contributed by atoms with Gasteiger partial charge in [0, 0.05) is 11.8 Å². The van der Waals surface area contributed by atoms with Crippen LogP contribution >= 0.6 is 0 Å². The molecule has 1 aromatic carbocycles. The molecule has 1 aliphatic carbocycles. The quantitative estimate of drug-likeness (QED) is 0.809. The largest absolute Gasteiger partial charge is 0.491 e. The molecule has 0 atom stereocenters. The second-order valence-electron chi connectivity index (χ2n) is 4.83. The Morgan fingerprint density at radius 1 is 1.24 bits per heavy atom. The van der Waals surface area contributed by atoms with Gasteiger partial charge in [-0.15, -0.1) is 0 Å². The summed E-state index contributed by atoms with van der Waals surface area (Å²) in [6, 6.07) is 4.57. The zero-order chi connectivity index (χ0) is 12.1. The Kier molecular flexibility index (Phi) is 4.24. The minimum atomic E-state index is -0.367. The van der Waals surface area contributed by atoms with Gasteiger partial charge in [0.25, 0.3) is 0 Å². The molecular weight excluding hydrogens is 217 g/mol. The molecule has 0 radical (unpaired) electrons. The Balaban J connectivity index is 1.77. The highest BCUT2D eigenvalue weighted by Gasteiger charge is 2.13. The topological polar surface area (TPSA) is 35.2 Å². The van der Waals surface area contributed by atoms with E-state index < -0.39 is 0 Å². The predicted octanol–water partition coefficient (Wildman–Crippen LogP) is 3.76. The summed E-state index contributed by atoms with van der Waals surface area (Å²) in [4.78, 5) is 0. The predicted molar refractivity (Wildman–Crippen MR) is 67.5 cm³/mol. The van der Waals surface area contributed by atoms with Crippen LogP contribution in [-0.4, -0.2) is 6.61 Å². The van der Waals surface area contributed by atoms with Gasteiger partial charge < -0.3 is 10.5 Å². The fourth-order valence-electron chi connectivity index (χ4n) is 2.45. The van der Waals surface area contributed by atoms with Gasteiger partial charge in [-0.05, 0) is 24.5 Å². The lowest BCUT2D eigenvalue weighted by molar-refractivity contribution is 0.239. The second-order valence-corrected chi connectivity index (χ2v) is 4.83. The van der Waals surface area contributed by atoms with E-state index in [0.29, 0.717) is 18.0 Å². The van der Waals surface area contributed by atoms with E-state index in [0.717, 1.165) is 12.3 Å². The molecule has 0 amide bonds. The van der Waals surface area contributed by atoms with Crippen LogP contribution in [0.25, 0.3) is 0 Å². The standard InChI is InChI=1S/C14H20FNO/c15-13-10-12(16)6-7-14(13)17-9-8-11-4-2-1-3-5-11/h6-7,10-11H,1-5,8-9,16H2. The van der Waals surface area contributed by atoms with E-state index in [2.05, 4.69) is 0 Å². The number of hydrogen-bond acceptors (Lipinski definition) is 2. The summed E-state index contributed by atoms with van der Waals surface area (Å²) in [7, 11) is 0. The highest BCUT2D eigenvalue weighted by Crippen LogP contribution is 2.27. The summed E-state index contributed by atoms with van der Waals surface area (Å²) in [5.74, 6) is 0.712. The normalized spacial score (nSPS) is 17.0. The molecule has 0 unspecified atom stereocenters. The van der Waals surface area contributed by atoms with E-state index in [1.807, 2.05) is 0 Å². The highest BCUT2D eigenvalue weighted by molar-refractivity contribution is 5.42. The highest BCUT2D eigenvalue weighted by atomic mass is 19.1. The number of nitrogens with two attached hydrogens (primary N) is 1. The van der Waals surface area contributed by atoms with Gasteiger partial charge >= 0.3 is 0 Å². The van der Waals surface area contributed by atoms with Crippen molar-refractivity contribution in [3.63, 3.8) is 0 Å². The second kappa shape index (κ2) is 5.89. The van der Waals surface area contributed by atoms with E-state index in [9.17, 15) is 4.39 Å². The molecule has 0 aromatic heterocycles. The van der Waals surface area contributed by atoms with Gasteiger partial charge in [0.1, 0.15) is 0 Å². The number of ether oxygens (including phenoxy) is 1. The van der Waals surface area contributed by atoms with Crippen molar-refractivity contribution in [3.8, 4) is 5.75 Å². The lowest BCUT2D eigenvalue weighted by Crippen LogP contribution is -2.11. The molecule has 0 bridgehead atoms. The number of benzene rings is 1. The van der Waals surface area contributed by atoms with Crippen LogP contribution in [0, 0.1) is 11.7 Å². The molecule has 2 nitrogen and oxygen atoms in total. The van der Waals surface area contributed by atoms with Crippen molar-refractivity contribution in [3.05, 3.63) is 24.0 Å². The fraction of sp³-hybridized carbons (Fsp3) is 0.571. The van der Waals surface area contributed by atoms with Crippen LogP contribution in [0.4, 0.5) is 10.1 Å². The summed E-state index contributed by atoms with van der Waals surface area (Å²) in [5, 5.41) is 0. The third-order valence-electron chi connectivity index (χ3n) is 3.46. The summed E-state index contributed by atoms with van der Waals surface area (Å²) in [5.41, 5.74) is 5.91. The van der Waals surface area contributed by atoms with E-state index in [-0.39, 0.29) is 5.82 Å². The van der Waals surface area contributed by atoms with Crippen LogP contribution in [0.15, 0.2) is 18.2 Å². The van der Waals surface area contributed by atoms with Gasteiger partial charge in [-0.2, -0.15) is 0 Å². The van der Waals surface area contributed by atoms with Crippen molar-refractivity contribution in [2.24, 2.45) is 5.92 Å². The SMILES string of the molecule is Nc1ccc(OCCC2CCCCC2)c(F)c1. The first-order valence-corrected chi connectivity index (χ1v) is 6.43. The molecule has 1 fully saturated rings. The maximum absolute atomic E-state index is 13.4. The van der Waals surface area contributed by atoms with Gasteiger partial charge in [-0.3, -0.25) is 0 Å². The molecule has 2 N–H and O–H groups in total. The van der Waals surface area contributed by atoms with Crippen molar-refractivity contribution >= 4 is 5.69 Å². The molecule has 17 heavy (non-hydrogen) atoms. The summed E-state index contributed by atoms with van der Waals surface area (Å²) in [6.07, 6.45) is 7.66. The summed E-state index contributed by atoms with van der Waals surface area (Å²) >= 11 is 0. The molecule has 3 heteroatoms. The Bertz CT molecular complexity index is 361. The minimum absolute atomic E-state index is 0.315. The molecule has 94 valence electrons. The molecule has 2 rings (SSSR count). The van der Waals surface area contributed by atoms with Gasteiger partial charge in [0.15, 0.2) is 11.6 Å².